The molecular weight excluding hydrogens is 255 g/mol. The van der Waals surface area contributed by atoms with E-state index in [2.05, 4.69) is 0 Å². The molecule has 0 aliphatic rings. The highest BCUT2D eigenvalue weighted by molar-refractivity contribution is 5.32. The molecule has 0 aromatic heterocycles. The van der Waals surface area contributed by atoms with Gasteiger partial charge in [0.2, 0.25) is 0 Å². The van der Waals surface area contributed by atoms with Gasteiger partial charge in [-0.1, -0.05) is 37.3 Å². The SMILES string of the molecule is CCC(O)(Cc1cccc(OC)c1)c1ccccc1F. The predicted octanol–water partition coefficient (Wildman–Crippen LogP) is 3.67. The third-order valence-electron chi connectivity index (χ3n) is 3.59. The number of benzene rings is 2. The van der Waals surface area contributed by atoms with Crippen molar-refractivity contribution in [2.45, 2.75) is 25.4 Å². The molecule has 0 radical (unpaired) electrons. The first-order valence-electron chi connectivity index (χ1n) is 6.69. The Morgan fingerprint density at radius 2 is 1.90 bits per heavy atom. The fourth-order valence-electron chi connectivity index (χ4n) is 2.37. The lowest BCUT2D eigenvalue weighted by molar-refractivity contribution is 0.0291. The van der Waals surface area contributed by atoms with Crippen LogP contribution in [0.2, 0.25) is 0 Å². The standard InChI is InChI=1S/C17H19FO2/c1-3-17(19,15-9-4-5-10-16(15)18)12-13-7-6-8-14(11-13)20-2/h4-11,19H,3,12H2,1-2H3. The molecule has 2 aromatic rings. The maximum Gasteiger partial charge on any atom is 0.129 e. The summed E-state index contributed by atoms with van der Waals surface area (Å²) in [5.74, 6) is 0.356. The van der Waals surface area contributed by atoms with Crippen LogP contribution in [0, 0.1) is 5.82 Å². The van der Waals surface area contributed by atoms with Crippen LogP contribution in [0.4, 0.5) is 4.39 Å². The number of hydrogen-bond donors (Lipinski definition) is 1. The zero-order valence-electron chi connectivity index (χ0n) is 11.8. The highest BCUT2D eigenvalue weighted by Crippen LogP contribution is 2.31. The van der Waals surface area contributed by atoms with Gasteiger partial charge in [0.25, 0.3) is 0 Å². The lowest BCUT2D eigenvalue weighted by Crippen LogP contribution is -2.29. The van der Waals surface area contributed by atoms with E-state index in [4.69, 9.17) is 4.74 Å². The third kappa shape index (κ3) is 2.99. The van der Waals surface area contributed by atoms with Gasteiger partial charge in [-0.15, -0.1) is 0 Å². The van der Waals surface area contributed by atoms with Crippen LogP contribution in [0.15, 0.2) is 48.5 Å². The molecule has 1 atom stereocenters. The second kappa shape index (κ2) is 6.06. The van der Waals surface area contributed by atoms with Crippen molar-refractivity contribution in [2.24, 2.45) is 0 Å². The molecule has 1 unspecified atom stereocenters. The summed E-state index contributed by atoms with van der Waals surface area (Å²) in [5, 5.41) is 10.8. The molecule has 20 heavy (non-hydrogen) atoms. The van der Waals surface area contributed by atoms with Gasteiger partial charge < -0.3 is 9.84 Å². The number of rotatable bonds is 5. The maximum absolute atomic E-state index is 13.9. The minimum atomic E-state index is -1.21. The quantitative estimate of drug-likeness (QED) is 0.901. The normalized spacial score (nSPS) is 13.8. The van der Waals surface area contributed by atoms with Crippen LogP contribution >= 0.6 is 0 Å². The summed E-state index contributed by atoms with van der Waals surface area (Å²) in [6, 6.07) is 13.9. The molecule has 0 amide bonds. The molecule has 0 saturated heterocycles. The van der Waals surface area contributed by atoms with Crippen LogP contribution in [-0.4, -0.2) is 12.2 Å². The number of hydrogen-bond acceptors (Lipinski definition) is 2. The van der Waals surface area contributed by atoms with Gasteiger partial charge in [0.05, 0.1) is 12.7 Å². The van der Waals surface area contributed by atoms with Gasteiger partial charge in [-0.2, -0.15) is 0 Å². The van der Waals surface area contributed by atoms with E-state index in [1.54, 1.807) is 25.3 Å². The van der Waals surface area contributed by atoms with Crippen molar-refractivity contribution in [1.82, 2.24) is 0 Å². The van der Waals surface area contributed by atoms with Crippen molar-refractivity contribution in [3.63, 3.8) is 0 Å². The van der Waals surface area contributed by atoms with Crippen molar-refractivity contribution in [1.29, 1.82) is 0 Å². The average molecular weight is 274 g/mol. The molecule has 2 aromatic carbocycles. The molecule has 2 nitrogen and oxygen atoms in total. The molecule has 0 spiro atoms. The van der Waals surface area contributed by atoms with E-state index in [9.17, 15) is 9.50 Å². The third-order valence-corrected chi connectivity index (χ3v) is 3.59. The van der Waals surface area contributed by atoms with Crippen LogP contribution in [-0.2, 0) is 12.0 Å². The van der Waals surface area contributed by atoms with Crippen molar-refractivity contribution in [2.75, 3.05) is 7.11 Å². The van der Waals surface area contributed by atoms with Crippen LogP contribution in [0.3, 0.4) is 0 Å². The van der Waals surface area contributed by atoms with Crippen LogP contribution in [0.1, 0.15) is 24.5 Å². The van der Waals surface area contributed by atoms with Gasteiger partial charge in [0.1, 0.15) is 11.6 Å². The average Bonchev–Trinajstić information content (AvgIpc) is 2.47. The summed E-state index contributed by atoms with van der Waals surface area (Å²) in [6.07, 6.45) is 0.785. The fourth-order valence-corrected chi connectivity index (χ4v) is 2.37. The largest absolute Gasteiger partial charge is 0.497 e. The van der Waals surface area contributed by atoms with Crippen LogP contribution in [0.25, 0.3) is 0 Å². The highest BCUT2D eigenvalue weighted by Gasteiger charge is 2.30. The van der Waals surface area contributed by atoms with E-state index in [0.29, 0.717) is 18.4 Å². The summed E-state index contributed by atoms with van der Waals surface area (Å²) in [7, 11) is 1.60. The van der Waals surface area contributed by atoms with Crippen LogP contribution < -0.4 is 4.74 Å². The molecule has 0 heterocycles. The summed E-state index contributed by atoms with van der Waals surface area (Å²) >= 11 is 0. The molecule has 0 bridgehead atoms. The molecule has 0 aliphatic carbocycles. The Hall–Kier alpha value is -1.87. The second-order valence-electron chi connectivity index (χ2n) is 4.89. The summed E-state index contributed by atoms with van der Waals surface area (Å²) in [6.45, 7) is 1.85. The van der Waals surface area contributed by atoms with E-state index < -0.39 is 5.60 Å². The first kappa shape index (κ1) is 14.5. The van der Waals surface area contributed by atoms with Crippen molar-refractivity contribution < 1.29 is 14.2 Å². The number of aliphatic hydroxyl groups is 1. The minimum Gasteiger partial charge on any atom is -0.497 e. The Morgan fingerprint density at radius 1 is 1.15 bits per heavy atom. The van der Waals surface area contributed by atoms with E-state index in [0.717, 1.165) is 11.3 Å². The minimum absolute atomic E-state index is 0.338. The fraction of sp³-hybridized carbons (Fsp3) is 0.294. The Morgan fingerprint density at radius 3 is 2.55 bits per heavy atom. The predicted molar refractivity (Wildman–Crippen MR) is 77.3 cm³/mol. The topological polar surface area (TPSA) is 29.5 Å². The zero-order valence-corrected chi connectivity index (χ0v) is 11.8. The molecular formula is C17H19FO2. The molecule has 3 heteroatoms. The summed E-state index contributed by atoms with van der Waals surface area (Å²) in [5.41, 5.74) is 0.0415. The van der Waals surface area contributed by atoms with Gasteiger partial charge in [0, 0.05) is 12.0 Å². The maximum atomic E-state index is 13.9. The van der Waals surface area contributed by atoms with Gasteiger partial charge >= 0.3 is 0 Å². The van der Waals surface area contributed by atoms with E-state index in [1.165, 1.54) is 6.07 Å². The van der Waals surface area contributed by atoms with E-state index >= 15 is 0 Å². The first-order valence-corrected chi connectivity index (χ1v) is 6.69. The molecule has 2 rings (SSSR count). The van der Waals surface area contributed by atoms with E-state index in [1.807, 2.05) is 31.2 Å². The lowest BCUT2D eigenvalue weighted by atomic mass is 9.84. The highest BCUT2D eigenvalue weighted by atomic mass is 19.1. The van der Waals surface area contributed by atoms with Gasteiger partial charge in [-0.25, -0.2) is 4.39 Å². The van der Waals surface area contributed by atoms with Crippen molar-refractivity contribution >= 4 is 0 Å². The lowest BCUT2D eigenvalue weighted by Gasteiger charge is -2.28. The van der Waals surface area contributed by atoms with Gasteiger partial charge in [-0.3, -0.25) is 0 Å². The second-order valence-corrected chi connectivity index (χ2v) is 4.89. The molecule has 1 N–H and O–H groups in total. The Bertz CT molecular complexity index is 583. The van der Waals surface area contributed by atoms with Gasteiger partial charge in [0.15, 0.2) is 0 Å². The summed E-state index contributed by atoms with van der Waals surface area (Å²) in [4.78, 5) is 0. The zero-order chi connectivity index (χ0) is 14.6. The first-order chi connectivity index (χ1) is 9.59. The van der Waals surface area contributed by atoms with Crippen LogP contribution in [0.5, 0.6) is 5.75 Å². The molecule has 0 fully saturated rings. The molecule has 0 saturated carbocycles. The smallest absolute Gasteiger partial charge is 0.129 e. The Balaban J connectivity index is 2.34. The monoisotopic (exact) mass is 274 g/mol. The molecule has 0 aliphatic heterocycles. The van der Waals surface area contributed by atoms with E-state index in [-0.39, 0.29) is 5.82 Å². The Kier molecular flexibility index (Phi) is 4.40. The summed E-state index contributed by atoms with van der Waals surface area (Å²) < 4.78 is 19.1. The van der Waals surface area contributed by atoms with Crippen molar-refractivity contribution in [3.8, 4) is 5.75 Å². The number of halogens is 1. The Labute approximate surface area is 118 Å². The molecule has 106 valence electrons. The number of ether oxygens (including phenoxy) is 1. The van der Waals surface area contributed by atoms with Gasteiger partial charge in [-0.05, 0) is 30.2 Å². The van der Waals surface area contributed by atoms with Crippen molar-refractivity contribution in [3.05, 3.63) is 65.5 Å². The number of methoxy groups -OCH3 is 1.